The van der Waals surface area contributed by atoms with Gasteiger partial charge in [0.2, 0.25) is 0 Å². The van der Waals surface area contributed by atoms with Crippen molar-refractivity contribution in [1.29, 1.82) is 0 Å². The number of rotatable bonds is 10. The lowest BCUT2D eigenvalue weighted by atomic mass is 10.0. The molecule has 1 aliphatic rings. The van der Waals surface area contributed by atoms with Crippen molar-refractivity contribution in [2.75, 3.05) is 14.1 Å². The minimum atomic E-state index is -0.507. The van der Waals surface area contributed by atoms with Crippen molar-refractivity contribution < 1.29 is 14.3 Å². The molecule has 1 amide bonds. The molecule has 0 bridgehead atoms. The molecular weight excluding hydrogens is 242 g/mol. The number of epoxide rings is 1. The maximum Gasteiger partial charge on any atom is 0.254 e. The van der Waals surface area contributed by atoms with Gasteiger partial charge in [0.15, 0.2) is 18.0 Å². The Balaban J connectivity index is 2.02. The fraction of sp³-hybridized carbons (Fsp3) is 0.867. The van der Waals surface area contributed by atoms with Gasteiger partial charge in [-0.15, -0.1) is 0 Å². The third-order valence-electron chi connectivity index (χ3n) is 3.52. The molecule has 0 aliphatic carbocycles. The number of hydrogen-bond acceptors (Lipinski definition) is 3. The number of carbonyl (C=O) groups is 2. The fourth-order valence-electron chi connectivity index (χ4n) is 2.20. The summed E-state index contributed by atoms with van der Waals surface area (Å²) in [6.07, 6.45) is 7.96. The summed E-state index contributed by atoms with van der Waals surface area (Å²) in [5.74, 6) is -0.00771. The van der Waals surface area contributed by atoms with Crippen LogP contribution in [0.2, 0.25) is 0 Å². The Labute approximate surface area is 116 Å². The number of hydrogen-bond donors (Lipinski definition) is 0. The summed E-state index contributed by atoms with van der Waals surface area (Å²) in [5, 5.41) is 0. The Kier molecular flexibility index (Phi) is 7.06. The maximum atomic E-state index is 11.8. The lowest BCUT2D eigenvalue weighted by molar-refractivity contribution is -0.130. The van der Waals surface area contributed by atoms with Crippen molar-refractivity contribution >= 4 is 11.7 Å². The molecule has 110 valence electrons. The van der Waals surface area contributed by atoms with Crippen LogP contribution in [0, 0.1) is 0 Å². The zero-order valence-corrected chi connectivity index (χ0v) is 12.5. The summed E-state index contributed by atoms with van der Waals surface area (Å²) < 4.78 is 5.17. The topological polar surface area (TPSA) is 49.9 Å². The largest absolute Gasteiger partial charge is 0.351 e. The SMILES string of the molecule is CCCCCCCCCC(=O)[C@@H]1O[C@@H]1C(=O)N(C)C. The van der Waals surface area contributed by atoms with E-state index in [1.54, 1.807) is 14.1 Å². The van der Waals surface area contributed by atoms with Gasteiger partial charge < -0.3 is 9.64 Å². The van der Waals surface area contributed by atoms with Gasteiger partial charge in [-0.25, -0.2) is 0 Å². The van der Waals surface area contributed by atoms with Gasteiger partial charge in [-0.05, 0) is 6.42 Å². The molecule has 1 fully saturated rings. The van der Waals surface area contributed by atoms with E-state index in [9.17, 15) is 9.59 Å². The lowest BCUT2D eigenvalue weighted by Crippen LogP contribution is -2.29. The number of ether oxygens (including phenoxy) is 1. The van der Waals surface area contributed by atoms with E-state index >= 15 is 0 Å². The molecule has 0 spiro atoms. The van der Waals surface area contributed by atoms with E-state index in [4.69, 9.17) is 4.74 Å². The highest BCUT2D eigenvalue weighted by molar-refractivity contribution is 5.95. The highest BCUT2D eigenvalue weighted by Crippen LogP contribution is 2.26. The predicted octanol–water partition coefficient (Wildman–Crippen LogP) is 2.55. The monoisotopic (exact) mass is 269 g/mol. The number of Topliss-reactive ketones (excluding diaryl/α,β-unsaturated/α-hetero) is 1. The molecule has 0 aromatic carbocycles. The maximum absolute atomic E-state index is 11.8. The van der Waals surface area contributed by atoms with Crippen LogP contribution in [-0.4, -0.2) is 42.9 Å². The minimum Gasteiger partial charge on any atom is -0.351 e. The first-order valence-corrected chi connectivity index (χ1v) is 7.47. The standard InChI is InChI=1S/C15H27NO3/c1-4-5-6-7-8-9-10-11-12(17)13-14(19-13)15(18)16(2)3/h13-14H,4-11H2,1-3H3/t13-,14-/m0/s1. The summed E-state index contributed by atoms with van der Waals surface area (Å²) in [4.78, 5) is 24.8. The van der Waals surface area contributed by atoms with Gasteiger partial charge in [0.25, 0.3) is 5.91 Å². The van der Waals surface area contributed by atoms with Crippen LogP contribution in [0.15, 0.2) is 0 Å². The molecule has 1 saturated heterocycles. The first kappa shape index (κ1) is 16.2. The Morgan fingerprint density at radius 3 is 2.11 bits per heavy atom. The number of likely N-dealkylation sites (N-methyl/N-ethyl adjacent to an activating group) is 1. The summed E-state index contributed by atoms with van der Waals surface area (Å²) in [7, 11) is 3.36. The van der Waals surface area contributed by atoms with Crippen LogP contribution in [0.4, 0.5) is 0 Å². The lowest BCUT2D eigenvalue weighted by Gasteiger charge is -2.06. The van der Waals surface area contributed by atoms with Crippen LogP contribution in [0.1, 0.15) is 58.3 Å². The molecule has 4 nitrogen and oxygen atoms in total. The predicted molar refractivity (Wildman–Crippen MR) is 75.0 cm³/mol. The van der Waals surface area contributed by atoms with Crippen molar-refractivity contribution in [3.63, 3.8) is 0 Å². The average molecular weight is 269 g/mol. The van der Waals surface area contributed by atoms with Gasteiger partial charge in [-0.2, -0.15) is 0 Å². The van der Waals surface area contributed by atoms with Crippen molar-refractivity contribution in [1.82, 2.24) is 4.90 Å². The second-order valence-corrected chi connectivity index (χ2v) is 5.55. The smallest absolute Gasteiger partial charge is 0.254 e. The highest BCUT2D eigenvalue weighted by atomic mass is 16.6. The molecule has 0 radical (unpaired) electrons. The zero-order chi connectivity index (χ0) is 14.3. The highest BCUT2D eigenvalue weighted by Gasteiger charge is 2.49. The third kappa shape index (κ3) is 5.72. The fourth-order valence-corrected chi connectivity index (χ4v) is 2.20. The number of carbonyl (C=O) groups excluding carboxylic acids is 2. The second-order valence-electron chi connectivity index (χ2n) is 5.55. The molecule has 0 N–H and O–H groups in total. The van der Waals surface area contributed by atoms with E-state index in [0.717, 1.165) is 12.8 Å². The zero-order valence-electron chi connectivity index (χ0n) is 12.5. The van der Waals surface area contributed by atoms with E-state index in [-0.39, 0.29) is 11.7 Å². The van der Waals surface area contributed by atoms with Gasteiger partial charge in [0.05, 0.1) is 0 Å². The van der Waals surface area contributed by atoms with Gasteiger partial charge in [0, 0.05) is 20.5 Å². The van der Waals surface area contributed by atoms with Crippen molar-refractivity contribution in [2.24, 2.45) is 0 Å². The molecule has 1 aliphatic heterocycles. The first-order valence-electron chi connectivity index (χ1n) is 7.47. The number of amides is 1. The summed E-state index contributed by atoms with van der Waals surface area (Å²) >= 11 is 0. The van der Waals surface area contributed by atoms with Gasteiger partial charge in [0.1, 0.15) is 0 Å². The molecule has 1 rings (SSSR count). The van der Waals surface area contributed by atoms with Gasteiger partial charge in [-0.3, -0.25) is 9.59 Å². The number of nitrogens with zero attached hydrogens (tertiary/aromatic N) is 1. The normalized spacial score (nSPS) is 21.2. The molecule has 0 unspecified atom stereocenters. The summed E-state index contributed by atoms with van der Waals surface area (Å²) in [6.45, 7) is 2.21. The van der Waals surface area contributed by atoms with E-state index < -0.39 is 12.2 Å². The summed E-state index contributed by atoms with van der Waals surface area (Å²) in [5.41, 5.74) is 0. The molecule has 1 heterocycles. The van der Waals surface area contributed by atoms with E-state index in [1.165, 1.54) is 37.0 Å². The summed E-state index contributed by atoms with van der Waals surface area (Å²) in [6, 6.07) is 0. The Hall–Kier alpha value is -0.900. The van der Waals surface area contributed by atoms with Crippen LogP contribution in [0.25, 0.3) is 0 Å². The van der Waals surface area contributed by atoms with Crippen molar-refractivity contribution in [2.45, 2.75) is 70.5 Å². The minimum absolute atomic E-state index is 0.0914. The Morgan fingerprint density at radius 2 is 1.53 bits per heavy atom. The Morgan fingerprint density at radius 1 is 0.947 bits per heavy atom. The molecule has 0 saturated carbocycles. The molecule has 0 aromatic rings. The number of unbranched alkanes of at least 4 members (excludes halogenated alkanes) is 6. The third-order valence-corrected chi connectivity index (χ3v) is 3.52. The van der Waals surface area contributed by atoms with E-state index in [1.807, 2.05) is 0 Å². The van der Waals surface area contributed by atoms with Crippen molar-refractivity contribution in [3.05, 3.63) is 0 Å². The molecule has 2 atom stereocenters. The van der Waals surface area contributed by atoms with Gasteiger partial charge in [-0.1, -0.05) is 45.4 Å². The van der Waals surface area contributed by atoms with Crippen LogP contribution < -0.4 is 0 Å². The van der Waals surface area contributed by atoms with E-state index in [0.29, 0.717) is 6.42 Å². The molecule has 4 heteroatoms. The molecular formula is C15H27NO3. The molecule has 0 aromatic heterocycles. The van der Waals surface area contributed by atoms with Gasteiger partial charge >= 0.3 is 0 Å². The Bertz CT molecular complexity index is 302. The second kappa shape index (κ2) is 8.31. The van der Waals surface area contributed by atoms with E-state index in [2.05, 4.69) is 6.92 Å². The quantitative estimate of drug-likeness (QED) is 0.452. The number of ketones is 1. The average Bonchev–Trinajstić information content (AvgIpc) is 3.16. The molecule has 19 heavy (non-hydrogen) atoms. The van der Waals surface area contributed by atoms with Crippen LogP contribution in [0.3, 0.4) is 0 Å². The van der Waals surface area contributed by atoms with Crippen molar-refractivity contribution in [3.8, 4) is 0 Å². The van der Waals surface area contributed by atoms with Crippen LogP contribution in [-0.2, 0) is 14.3 Å². The first-order chi connectivity index (χ1) is 9.07. The van der Waals surface area contributed by atoms with Crippen LogP contribution in [0.5, 0.6) is 0 Å². The van der Waals surface area contributed by atoms with Crippen LogP contribution >= 0.6 is 0 Å².